The van der Waals surface area contributed by atoms with E-state index in [4.69, 9.17) is 0 Å². The van der Waals surface area contributed by atoms with Crippen molar-refractivity contribution in [3.8, 4) is 33.4 Å². The summed E-state index contributed by atoms with van der Waals surface area (Å²) in [6.45, 7) is 0. The minimum absolute atomic E-state index is 0.483. The van der Waals surface area contributed by atoms with Gasteiger partial charge in [-0.05, 0) is 66.5 Å². The Morgan fingerprint density at radius 1 is 0.371 bits per heavy atom. The van der Waals surface area contributed by atoms with E-state index in [1.165, 1.54) is 43.8 Å². The topological polar surface area (TPSA) is 40.5 Å². The molecular formula is C32H23BO2. The average molecular weight is 450 g/mol. The standard InChI is InChI=1S/C32H23BO2/c34-33(35)26-19-17-23(18-20-26)31-27-13-4-6-15-29(27)32(30-16-7-5-14-28(30)31)25-12-8-11-24(21-25)22-9-2-1-3-10-22/h1-21,34-35H. The molecule has 3 heteroatoms. The van der Waals surface area contributed by atoms with Crippen LogP contribution in [0.2, 0.25) is 0 Å². The summed E-state index contributed by atoms with van der Waals surface area (Å²) < 4.78 is 0. The molecule has 0 aromatic heterocycles. The molecule has 0 aliphatic rings. The Balaban J connectivity index is 1.65. The molecule has 0 unspecified atom stereocenters. The second-order valence-corrected chi connectivity index (χ2v) is 8.78. The van der Waals surface area contributed by atoms with Crippen molar-refractivity contribution in [3.05, 3.63) is 127 Å². The summed E-state index contributed by atoms with van der Waals surface area (Å²) in [7, 11) is -1.48. The largest absolute Gasteiger partial charge is 0.488 e. The Morgan fingerprint density at radius 2 is 0.829 bits per heavy atom. The molecular weight excluding hydrogens is 427 g/mol. The highest BCUT2D eigenvalue weighted by atomic mass is 16.4. The zero-order chi connectivity index (χ0) is 23.8. The first-order valence-corrected chi connectivity index (χ1v) is 11.8. The summed E-state index contributed by atoms with van der Waals surface area (Å²) in [6.07, 6.45) is 0. The number of rotatable bonds is 4. The molecule has 0 spiro atoms. The number of benzene rings is 6. The van der Waals surface area contributed by atoms with E-state index >= 15 is 0 Å². The van der Waals surface area contributed by atoms with Crippen molar-refractivity contribution in [1.29, 1.82) is 0 Å². The SMILES string of the molecule is OB(O)c1ccc(-c2c3ccccc3c(-c3cccc(-c4ccccc4)c3)c3ccccc23)cc1. The Morgan fingerprint density at radius 3 is 1.37 bits per heavy atom. The third-order valence-electron chi connectivity index (χ3n) is 6.69. The first-order chi connectivity index (χ1) is 17.2. The van der Waals surface area contributed by atoms with Crippen LogP contribution in [0.25, 0.3) is 54.9 Å². The molecule has 2 N–H and O–H groups in total. The van der Waals surface area contributed by atoms with Crippen LogP contribution in [0.3, 0.4) is 0 Å². The van der Waals surface area contributed by atoms with Crippen molar-refractivity contribution in [2.45, 2.75) is 0 Å². The van der Waals surface area contributed by atoms with E-state index in [-0.39, 0.29) is 0 Å². The highest BCUT2D eigenvalue weighted by molar-refractivity contribution is 6.58. The molecule has 0 radical (unpaired) electrons. The molecule has 6 aromatic rings. The van der Waals surface area contributed by atoms with Crippen LogP contribution in [0.5, 0.6) is 0 Å². The Labute approximate surface area is 204 Å². The van der Waals surface area contributed by atoms with Gasteiger partial charge in [0.25, 0.3) is 0 Å². The minimum Gasteiger partial charge on any atom is -0.423 e. The van der Waals surface area contributed by atoms with Crippen LogP contribution in [0, 0.1) is 0 Å². The zero-order valence-electron chi connectivity index (χ0n) is 19.1. The number of hydrogen-bond acceptors (Lipinski definition) is 2. The lowest BCUT2D eigenvalue weighted by atomic mass is 9.79. The van der Waals surface area contributed by atoms with Crippen LogP contribution in [0.4, 0.5) is 0 Å². The summed E-state index contributed by atoms with van der Waals surface area (Å²) in [4.78, 5) is 0. The number of hydrogen-bond donors (Lipinski definition) is 2. The van der Waals surface area contributed by atoms with Gasteiger partial charge in [-0.15, -0.1) is 0 Å². The maximum atomic E-state index is 9.55. The molecule has 6 aromatic carbocycles. The quantitative estimate of drug-likeness (QED) is 0.233. The van der Waals surface area contributed by atoms with Crippen LogP contribution in [0.1, 0.15) is 0 Å². The fourth-order valence-corrected chi connectivity index (χ4v) is 5.06. The summed E-state index contributed by atoms with van der Waals surface area (Å²) in [5, 5.41) is 23.8. The van der Waals surface area contributed by atoms with E-state index in [9.17, 15) is 10.0 Å². The fourth-order valence-electron chi connectivity index (χ4n) is 5.06. The molecule has 0 heterocycles. The first kappa shape index (κ1) is 21.4. The van der Waals surface area contributed by atoms with Gasteiger partial charge >= 0.3 is 7.12 Å². The Kier molecular flexibility index (Phi) is 5.42. The van der Waals surface area contributed by atoms with Crippen LogP contribution in [0.15, 0.2) is 127 Å². The highest BCUT2D eigenvalue weighted by Gasteiger charge is 2.17. The average Bonchev–Trinajstić information content (AvgIpc) is 2.92. The molecule has 166 valence electrons. The van der Waals surface area contributed by atoms with Gasteiger partial charge in [-0.3, -0.25) is 0 Å². The summed E-state index contributed by atoms with van der Waals surface area (Å²) in [6, 6.07) is 43.8. The molecule has 0 aliphatic heterocycles. The van der Waals surface area contributed by atoms with Gasteiger partial charge in [0.05, 0.1) is 0 Å². The van der Waals surface area contributed by atoms with Crippen molar-refractivity contribution >= 4 is 34.1 Å². The van der Waals surface area contributed by atoms with E-state index in [1.54, 1.807) is 12.1 Å². The molecule has 35 heavy (non-hydrogen) atoms. The van der Waals surface area contributed by atoms with Crippen molar-refractivity contribution in [2.24, 2.45) is 0 Å². The fraction of sp³-hybridized carbons (Fsp3) is 0. The lowest BCUT2D eigenvalue weighted by Crippen LogP contribution is -2.29. The Hall–Kier alpha value is -4.18. The van der Waals surface area contributed by atoms with Crippen molar-refractivity contribution < 1.29 is 10.0 Å². The predicted molar refractivity (Wildman–Crippen MR) is 148 cm³/mol. The maximum Gasteiger partial charge on any atom is 0.488 e. The third-order valence-corrected chi connectivity index (χ3v) is 6.69. The van der Waals surface area contributed by atoms with Gasteiger partial charge in [-0.25, -0.2) is 0 Å². The first-order valence-electron chi connectivity index (χ1n) is 11.8. The zero-order valence-corrected chi connectivity index (χ0v) is 19.1. The molecule has 0 atom stereocenters. The lowest BCUT2D eigenvalue weighted by molar-refractivity contribution is 0.426. The second kappa shape index (κ2) is 8.88. The molecule has 0 fully saturated rings. The van der Waals surface area contributed by atoms with Gasteiger partial charge in [0.15, 0.2) is 0 Å². The van der Waals surface area contributed by atoms with Gasteiger partial charge in [0, 0.05) is 0 Å². The molecule has 0 aliphatic carbocycles. The van der Waals surface area contributed by atoms with Gasteiger partial charge in [-0.2, -0.15) is 0 Å². The van der Waals surface area contributed by atoms with Crippen LogP contribution in [-0.4, -0.2) is 17.2 Å². The lowest BCUT2D eigenvalue weighted by Gasteiger charge is -2.18. The Bertz CT molecular complexity index is 1600. The van der Waals surface area contributed by atoms with Gasteiger partial charge in [0.2, 0.25) is 0 Å². The van der Waals surface area contributed by atoms with Crippen LogP contribution in [-0.2, 0) is 0 Å². The predicted octanol–water partition coefficient (Wildman–Crippen LogP) is 6.67. The number of fused-ring (bicyclic) bond motifs is 2. The summed E-state index contributed by atoms with van der Waals surface area (Å²) >= 11 is 0. The van der Waals surface area contributed by atoms with Crippen LogP contribution < -0.4 is 5.46 Å². The van der Waals surface area contributed by atoms with E-state index in [2.05, 4.69) is 97.1 Å². The molecule has 0 saturated heterocycles. The molecule has 2 nitrogen and oxygen atoms in total. The molecule has 0 bridgehead atoms. The molecule has 0 amide bonds. The van der Waals surface area contributed by atoms with Gasteiger partial charge in [0.1, 0.15) is 0 Å². The smallest absolute Gasteiger partial charge is 0.423 e. The van der Waals surface area contributed by atoms with Gasteiger partial charge < -0.3 is 10.0 Å². The summed E-state index contributed by atoms with van der Waals surface area (Å²) in [5.74, 6) is 0. The monoisotopic (exact) mass is 450 g/mol. The highest BCUT2D eigenvalue weighted by Crippen LogP contribution is 2.43. The van der Waals surface area contributed by atoms with E-state index in [0.717, 1.165) is 11.1 Å². The van der Waals surface area contributed by atoms with Gasteiger partial charge in [-0.1, -0.05) is 121 Å². The second-order valence-electron chi connectivity index (χ2n) is 8.78. The molecule has 6 rings (SSSR count). The van der Waals surface area contributed by atoms with E-state index < -0.39 is 7.12 Å². The van der Waals surface area contributed by atoms with Crippen molar-refractivity contribution in [1.82, 2.24) is 0 Å². The van der Waals surface area contributed by atoms with Crippen molar-refractivity contribution in [2.75, 3.05) is 0 Å². The third kappa shape index (κ3) is 3.81. The normalized spacial score (nSPS) is 11.1. The van der Waals surface area contributed by atoms with E-state index in [1.807, 2.05) is 18.2 Å². The summed E-state index contributed by atoms with van der Waals surface area (Å²) in [5.41, 5.74) is 7.48. The minimum atomic E-state index is -1.48. The maximum absolute atomic E-state index is 9.55. The van der Waals surface area contributed by atoms with E-state index in [0.29, 0.717) is 5.46 Å². The van der Waals surface area contributed by atoms with Crippen LogP contribution >= 0.6 is 0 Å². The molecule has 0 saturated carbocycles. The van der Waals surface area contributed by atoms with Crippen molar-refractivity contribution in [3.63, 3.8) is 0 Å².